The Bertz CT molecular complexity index is 188. The van der Waals surface area contributed by atoms with Gasteiger partial charge in [0.15, 0.2) is 0 Å². The van der Waals surface area contributed by atoms with E-state index < -0.39 is 0 Å². The Balaban J connectivity index is 3.80. The summed E-state index contributed by atoms with van der Waals surface area (Å²) in [6.45, 7) is 3.40. The lowest BCUT2D eigenvalue weighted by Crippen LogP contribution is -2.55. The van der Waals surface area contributed by atoms with Crippen molar-refractivity contribution in [2.24, 2.45) is 0 Å². The molecule has 3 nitrogen and oxygen atoms in total. The van der Waals surface area contributed by atoms with Gasteiger partial charge in [-0.25, -0.2) is 0 Å². The van der Waals surface area contributed by atoms with Gasteiger partial charge in [0.2, 0.25) is 0 Å². The van der Waals surface area contributed by atoms with Crippen LogP contribution >= 0.6 is 0 Å². The van der Waals surface area contributed by atoms with Crippen LogP contribution in [-0.4, -0.2) is 45.3 Å². The highest BCUT2D eigenvalue weighted by molar-refractivity contribution is 4.83. The zero-order valence-corrected chi connectivity index (χ0v) is 14.0. The number of nitrogens with one attached hydrogen (secondary N) is 2. The first-order valence-electron chi connectivity index (χ1n) is 8.12. The van der Waals surface area contributed by atoms with Crippen molar-refractivity contribution in [2.75, 3.05) is 34.7 Å². The van der Waals surface area contributed by atoms with Crippen molar-refractivity contribution in [1.82, 2.24) is 15.5 Å². The molecule has 0 amide bonds. The van der Waals surface area contributed by atoms with Crippen molar-refractivity contribution in [3.8, 4) is 0 Å². The maximum Gasteiger partial charge on any atom is 0.0694 e. The van der Waals surface area contributed by atoms with E-state index in [1.165, 1.54) is 51.4 Å². The lowest BCUT2D eigenvalue weighted by molar-refractivity contribution is 0.216. The Morgan fingerprint density at radius 2 is 1.32 bits per heavy atom. The number of hydrogen-bond acceptors (Lipinski definition) is 3. The molecule has 0 heterocycles. The van der Waals surface area contributed by atoms with E-state index in [4.69, 9.17) is 0 Å². The van der Waals surface area contributed by atoms with Gasteiger partial charge in [0.25, 0.3) is 0 Å². The zero-order valence-electron chi connectivity index (χ0n) is 14.0. The summed E-state index contributed by atoms with van der Waals surface area (Å²) in [4.78, 5) is 2.26. The van der Waals surface area contributed by atoms with Gasteiger partial charge in [-0.2, -0.15) is 0 Å². The Kier molecular flexibility index (Phi) is 11.6. The maximum absolute atomic E-state index is 3.49. The summed E-state index contributed by atoms with van der Waals surface area (Å²) >= 11 is 0. The fourth-order valence-corrected chi connectivity index (χ4v) is 2.55. The third-order valence-electron chi connectivity index (χ3n) is 4.15. The molecular weight excluding hydrogens is 234 g/mol. The predicted molar refractivity (Wildman–Crippen MR) is 86.6 cm³/mol. The molecule has 116 valence electrons. The molecule has 0 spiro atoms. The molecule has 0 rings (SSSR count). The average molecular weight is 271 g/mol. The number of unbranched alkanes of at least 4 members (excludes halogenated alkanes) is 6. The van der Waals surface area contributed by atoms with E-state index in [2.05, 4.69) is 50.6 Å². The fourth-order valence-electron chi connectivity index (χ4n) is 2.55. The van der Waals surface area contributed by atoms with E-state index in [9.17, 15) is 0 Å². The van der Waals surface area contributed by atoms with E-state index in [0.29, 0.717) is 0 Å². The zero-order chi connectivity index (χ0) is 14.6. The molecule has 19 heavy (non-hydrogen) atoms. The summed E-state index contributed by atoms with van der Waals surface area (Å²) in [5.41, 5.74) is 0.119. The number of rotatable bonds is 13. The smallest absolute Gasteiger partial charge is 0.0694 e. The van der Waals surface area contributed by atoms with Crippen molar-refractivity contribution in [3.05, 3.63) is 0 Å². The minimum Gasteiger partial charge on any atom is -0.309 e. The monoisotopic (exact) mass is 271 g/mol. The average Bonchev–Trinajstić information content (AvgIpc) is 2.41. The molecule has 0 saturated heterocycles. The molecule has 0 aromatic heterocycles. The van der Waals surface area contributed by atoms with Gasteiger partial charge in [-0.3, -0.25) is 0 Å². The highest BCUT2D eigenvalue weighted by atomic mass is 15.2. The Labute approximate surface area is 121 Å². The predicted octanol–water partition coefficient (Wildman–Crippen LogP) is 3.21. The first-order chi connectivity index (χ1) is 9.10. The topological polar surface area (TPSA) is 27.3 Å². The molecule has 2 N–H and O–H groups in total. The fraction of sp³-hybridized carbons (Fsp3) is 1.00. The second kappa shape index (κ2) is 11.7. The summed E-state index contributed by atoms with van der Waals surface area (Å²) in [5.74, 6) is 0. The van der Waals surface area contributed by atoms with Crippen molar-refractivity contribution >= 4 is 0 Å². The van der Waals surface area contributed by atoms with Crippen molar-refractivity contribution in [1.29, 1.82) is 0 Å². The minimum absolute atomic E-state index is 0.119. The standard InChI is InChI=1S/C16H37N3/c1-6-7-8-9-10-11-12-13-16(17-2,18-3)14-15-19(4)5/h17-18H,6-15H2,1-5H3. The van der Waals surface area contributed by atoms with Gasteiger partial charge >= 0.3 is 0 Å². The normalized spacial score (nSPS) is 12.3. The van der Waals surface area contributed by atoms with Crippen LogP contribution in [0.3, 0.4) is 0 Å². The molecule has 0 atom stereocenters. The van der Waals surface area contributed by atoms with Crippen LogP contribution < -0.4 is 10.6 Å². The van der Waals surface area contributed by atoms with Crippen LogP contribution in [0, 0.1) is 0 Å². The number of hydrogen-bond donors (Lipinski definition) is 2. The van der Waals surface area contributed by atoms with Crippen molar-refractivity contribution in [2.45, 2.75) is 70.4 Å². The van der Waals surface area contributed by atoms with Crippen LogP contribution in [0.25, 0.3) is 0 Å². The molecule has 0 bridgehead atoms. The molecular formula is C16H37N3. The Hall–Kier alpha value is -0.120. The van der Waals surface area contributed by atoms with Crippen LogP contribution in [0.1, 0.15) is 64.7 Å². The summed E-state index contributed by atoms with van der Waals surface area (Å²) in [7, 11) is 8.44. The largest absolute Gasteiger partial charge is 0.309 e. The van der Waals surface area contributed by atoms with Crippen LogP contribution in [0.15, 0.2) is 0 Å². The lowest BCUT2D eigenvalue weighted by atomic mass is 9.97. The van der Waals surface area contributed by atoms with Crippen molar-refractivity contribution < 1.29 is 0 Å². The first kappa shape index (κ1) is 18.9. The van der Waals surface area contributed by atoms with E-state index in [0.717, 1.165) is 13.0 Å². The second-order valence-corrected chi connectivity index (χ2v) is 6.01. The van der Waals surface area contributed by atoms with Gasteiger partial charge in [0.1, 0.15) is 0 Å². The van der Waals surface area contributed by atoms with E-state index in [-0.39, 0.29) is 5.66 Å². The highest BCUT2D eigenvalue weighted by Crippen LogP contribution is 2.17. The Morgan fingerprint density at radius 3 is 1.79 bits per heavy atom. The minimum atomic E-state index is 0.119. The summed E-state index contributed by atoms with van der Waals surface area (Å²) < 4.78 is 0. The quantitative estimate of drug-likeness (QED) is 0.398. The Morgan fingerprint density at radius 1 is 0.789 bits per heavy atom. The molecule has 3 heteroatoms. The molecule has 0 aliphatic rings. The van der Waals surface area contributed by atoms with Gasteiger partial charge in [0.05, 0.1) is 5.66 Å². The van der Waals surface area contributed by atoms with Gasteiger partial charge in [-0.1, -0.05) is 51.9 Å². The third-order valence-corrected chi connectivity index (χ3v) is 4.15. The van der Waals surface area contributed by atoms with Crippen LogP contribution in [0.2, 0.25) is 0 Å². The molecule has 0 aliphatic heterocycles. The van der Waals surface area contributed by atoms with E-state index in [1.54, 1.807) is 0 Å². The molecule has 0 saturated carbocycles. The van der Waals surface area contributed by atoms with Gasteiger partial charge in [-0.15, -0.1) is 0 Å². The molecule has 0 unspecified atom stereocenters. The molecule has 0 aliphatic carbocycles. The van der Waals surface area contributed by atoms with Gasteiger partial charge < -0.3 is 15.5 Å². The van der Waals surface area contributed by atoms with Crippen LogP contribution in [0.4, 0.5) is 0 Å². The lowest BCUT2D eigenvalue weighted by Gasteiger charge is -2.34. The summed E-state index contributed by atoms with van der Waals surface area (Å²) in [6.07, 6.45) is 12.0. The molecule has 0 fully saturated rings. The van der Waals surface area contributed by atoms with Crippen LogP contribution in [0.5, 0.6) is 0 Å². The molecule has 0 radical (unpaired) electrons. The van der Waals surface area contributed by atoms with E-state index >= 15 is 0 Å². The van der Waals surface area contributed by atoms with Crippen LogP contribution in [-0.2, 0) is 0 Å². The second-order valence-electron chi connectivity index (χ2n) is 6.01. The first-order valence-corrected chi connectivity index (χ1v) is 8.12. The molecule has 0 aromatic rings. The maximum atomic E-state index is 3.49. The summed E-state index contributed by atoms with van der Waals surface area (Å²) in [6, 6.07) is 0. The van der Waals surface area contributed by atoms with E-state index in [1.807, 2.05) is 0 Å². The van der Waals surface area contributed by atoms with Crippen molar-refractivity contribution in [3.63, 3.8) is 0 Å². The SMILES string of the molecule is CCCCCCCCCC(CCN(C)C)(NC)NC. The highest BCUT2D eigenvalue weighted by Gasteiger charge is 2.24. The van der Waals surface area contributed by atoms with Gasteiger partial charge in [-0.05, 0) is 41.0 Å². The van der Waals surface area contributed by atoms with Gasteiger partial charge in [0, 0.05) is 6.54 Å². The number of nitrogens with zero attached hydrogens (tertiary/aromatic N) is 1. The summed E-state index contributed by atoms with van der Waals surface area (Å²) in [5, 5.41) is 6.99. The third kappa shape index (κ3) is 9.42. The molecule has 0 aromatic carbocycles.